The first-order valence-corrected chi connectivity index (χ1v) is 9.09. The number of aromatic nitrogens is 4. The number of aliphatic hydroxyl groups is 1. The number of H-pyrrole nitrogens is 1. The number of morpholine rings is 1. The maximum absolute atomic E-state index is 12.4. The molecule has 0 aromatic carbocycles. The van der Waals surface area contributed by atoms with E-state index in [1.165, 1.54) is 22.6 Å². The van der Waals surface area contributed by atoms with Crippen LogP contribution in [0.4, 0.5) is 0 Å². The molecule has 2 atom stereocenters. The fraction of sp³-hybridized carbons (Fsp3) is 0.600. The Morgan fingerprint density at radius 1 is 1.44 bits per heavy atom. The second-order valence-electron chi connectivity index (χ2n) is 6.04. The van der Waals surface area contributed by atoms with Crippen molar-refractivity contribution < 1.29 is 14.6 Å². The number of aliphatic hydroxyl groups excluding tert-OH is 1. The van der Waals surface area contributed by atoms with Gasteiger partial charge in [0.25, 0.3) is 5.56 Å². The molecule has 0 saturated carbocycles. The van der Waals surface area contributed by atoms with Gasteiger partial charge in [-0.2, -0.15) is 5.10 Å². The van der Waals surface area contributed by atoms with Crippen LogP contribution in [-0.2, 0) is 16.1 Å². The Morgan fingerprint density at radius 2 is 2.16 bits per heavy atom. The molecule has 136 valence electrons. The van der Waals surface area contributed by atoms with E-state index < -0.39 is 0 Å². The average molecular weight is 367 g/mol. The van der Waals surface area contributed by atoms with E-state index in [0.717, 1.165) is 0 Å². The highest BCUT2D eigenvalue weighted by Crippen LogP contribution is 2.17. The smallest absolute Gasteiger partial charge is 0.262 e. The Labute approximate surface area is 148 Å². The molecule has 10 heteroatoms. The monoisotopic (exact) mass is 367 g/mol. The molecule has 25 heavy (non-hydrogen) atoms. The summed E-state index contributed by atoms with van der Waals surface area (Å²) in [6.07, 6.45) is 1.45. The van der Waals surface area contributed by atoms with Crippen LogP contribution in [0.25, 0.3) is 11.0 Å². The molecule has 3 heterocycles. The predicted octanol–water partition coefficient (Wildman–Crippen LogP) is -0.160. The van der Waals surface area contributed by atoms with Crippen LogP contribution in [0.15, 0.2) is 16.1 Å². The zero-order valence-corrected chi connectivity index (χ0v) is 15.0. The summed E-state index contributed by atoms with van der Waals surface area (Å²) in [6.45, 7) is 5.18. The quantitative estimate of drug-likeness (QED) is 0.558. The van der Waals surface area contributed by atoms with Gasteiger partial charge in [0.05, 0.1) is 37.3 Å². The predicted molar refractivity (Wildman–Crippen MR) is 92.5 cm³/mol. The minimum Gasteiger partial charge on any atom is -0.394 e. The normalized spacial score (nSPS) is 21.0. The van der Waals surface area contributed by atoms with Crippen LogP contribution in [0, 0.1) is 0 Å². The molecule has 2 aromatic rings. The Hall–Kier alpha value is -1.91. The summed E-state index contributed by atoms with van der Waals surface area (Å²) in [5.74, 6) is 0.167. The molecule has 9 nitrogen and oxygen atoms in total. The molecule has 1 aliphatic heterocycles. The van der Waals surface area contributed by atoms with Crippen LogP contribution in [0.1, 0.15) is 13.8 Å². The lowest BCUT2D eigenvalue weighted by Gasteiger charge is -2.35. The van der Waals surface area contributed by atoms with Gasteiger partial charge in [-0.25, -0.2) is 9.67 Å². The van der Waals surface area contributed by atoms with Crippen molar-refractivity contribution in [2.75, 3.05) is 25.4 Å². The first-order valence-electron chi connectivity index (χ1n) is 8.10. The minimum absolute atomic E-state index is 0.0137. The summed E-state index contributed by atoms with van der Waals surface area (Å²) < 4.78 is 7.10. The first kappa shape index (κ1) is 17.9. The summed E-state index contributed by atoms with van der Waals surface area (Å²) in [6, 6.07) is 0. The van der Waals surface area contributed by atoms with E-state index in [2.05, 4.69) is 15.1 Å². The highest BCUT2D eigenvalue weighted by Gasteiger charge is 2.26. The molecule has 0 unspecified atom stereocenters. The van der Waals surface area contributed by atoms with Crippen LogP contribution in [0.3, 0.4) is 0 Å². The lowest BCUT2D eigenvalue weighted by Crippen LogP contribution is -2.48. The standard InChI is InChI=1S/C15H21N5O4S/c1-9-6-19(7-10(2)24-9)12(22)8-25-15-17-13-11(14(23)18-15)5-16-20(13)3-4-21/h5,9-10,21H,3-4,6-8H2,1-2H3,(H,17,18,23)/t9-,10+. The van der Waals surface area contributed by atoms with Gasteiger partial charge in [0, 0.05) is 13.1 Å². The van der Waals surface area contributed by atoms with Gasteiger partial charge in [0.2, 0.25) is 5.91 Å². The molecule has 2 aromatic heterocycles. The SMILES string of the molecule is C[C@@H]1CN(C(=O)CSc2nc3c(cnn3CCO)c(=O)[nH]2)C[C@H](C)O1. The number of hydrogen-bond donors (Lipinski definition) is 2. The highest BCUT2D eigenvalue weighted by atomic mass is 32.2. The number of nitrogens with one attached hydrogen (secondary N) is 1. The molecule has 0 radical (unpaired) electrons. The molecule has 0 spiro atoms. The third-order valence-corrected chi connectivity index (χ3v) is 4.76. The second-order valence-corrected chi connectivity index (χ2v) is 7.01. The van der Waals surface area contributed by atoms with Gasteiger partial charge in [0.1, 0.15) is 5.39 Å². The number of aromatic amines is 1. The second kappa shape index (κ2) is 7.54. The number of nitrogens with zero attached hydrogens (tertiary/aromatic N) is 4. The number of carbonyl (C=O) groups excluding carboxylic acids is 1. The van der Waals surface area contributed by atoms with Crippen molar-refractivity contribution in [2.24, 2.45) is 0 Å². The molecular weight excluding hydrogens is 346 g/mol. The van der Waals surface area contributed by atoms with Crippen LogP contribution < -0.4 is 5.56 Å². The number of fused-ring (bicyclic) bond motifs is 1. The molecule has 0 bridgehead atoms. The maximum atomic E-state index is 12.4. The topological polar surface area (TPSA) is 113 Å². The van der Waals surface area contributed by atoms with E-state index in [4.69, 9.17) is 9.84 Å². The van der Waals surface area contributed by atoms with E-state index in [9.17, 15) is 9.59 Å². The van der Waals surface area contributed by atoms with E-state index in [1.807, 2.05) is 13.8 Å². The van der Waals surface area contributed by atoms with Crippen molar-refractivity contribution in [2.45, 2.75) is 37.8 Å². The summed E-state index contributed by atoms with van der Waals surface area (Å²) >= 11 is 1.18. The Kier molecular flexibility index (Phi) is 5.40. The van der Waals surface area contributed by atoms with E-state index in [1.54, 1.807) is 4.90 Å². The summed E-state index contributed by atoms with van der Waals surface area (Å²) in [5.41, 5.74) is 0.0964. The number of amides is 1. The van der Waals surface area contributed by atoms with Crippen LogP contribution in [-0.4, -0.2) is 73.3 Å². The largest absolute Gasteiger partial charge is 0.394 e. The van der Waals surface area contributed by atoms with E-state index in [-0.39, 0.29) is 42.6 Å². The molecule has 1 fully saturated rings. The van der Waals surface area contributed by atoms with Crippen molar-refractivity contribution in [3.8, 4) is 0 Å². The van der Waals surface area contributed by atoms with Gasteiger partial charge in [-0.1, -0.05) is 11.8 Å². The maximum Gasteiger partial charge on any atom is 0.262 e. The van der Waals surface area contributed by atoms with Crippen molar-refractivity contribution in [1.82, 2.24) is 24.6 Å². The van der Waals surface area contributed by atoms with Crippen LogP contribution >= 0.6 is 11.8 Å². The fourth-order valence-corrected chi connectivity index (χ4v) is 3.63. The lowest BCUT2D eigenvalue weighted by molar-refractivity contribution is -0.140. The van der Waals surface area contributed by atoms with Gasteiger partial charge in [-0.15, -0.1) is 0 Å². The summed E-state index contributed by atoms with van der Waals surface area (Å²) in [5, 5.41) is 13.8. The number of ether oxygens (including phenoxy) is 1. The van der Waals surface area contributed by atoms with Crippen LogP contribution in [0.2, 0.25) is 0 Å². The molecule has 1 amide bonds. The van der Waals surface area contributed by atoms with Gasteiger partial charge in [-0.05, 0) is 13.8 Å². The zero-order valence-electron chi connectivity index (χ0n) is 14.1. The van der Waals surface area contributed by atoms with Crippen LogP contribution in [0.5, 0.6) is 0 Å². The van der Waals surface area contributed by atoms with Crippen molar-refractivity contribution in [3.05, 3.63) is 16.6 Å². The van der Waals surface area contributed by atoms with E-state index >= 15 is 0 Å². The van der Waals surface area contributed by atoms with Gasteiger partial charge >= 0.3 is 0 Å². The van der Waals surface area contributed by atoms with Crippen molar-refractivity contribution >= 4 is 28.7 Å². The molecule has 2 N–H and O–H groups in total. The Balaban J connectivity index is 1.71. The zero-order chi connectivity index (χ0) is 18.0. The number of rotatable bonds is 5. The molecule has 3 rings (SSSR count). The third-order valence-electron chi connectivity index (χ3n) is 3.90. The number of thioether (sulfide) groups is 1. The Bertz CT molecular complexity index is 810. The number of carbonyl (C=O) groups is 1. The average Bonchev–Trinajstić information content (AvgIpc) is 2.96. The summed E-state index contributed by atoms with van der Waals surface area (Å²) in [7, 11) is 0. The third kappa shape index (κ3) is 4.02. The minimum atomic E-state index is -0.308. The molecule has 0 aliphatic carbocycles. The fourth-order valence-electron chi connectivity index (χ4n) is 2.88. The molecule has 1 aliphatic rings. The van der Waals surface area contributed by atoms with Gasteiger partial charge < -0.3 is 19.7 Å². The van der Waals surface area contributed by atoms with Gasteiger partial charge in [0.15, 0.2) is 10.8 Å². The van der Waals surface area contributed by atoms with E-state index in [0.29, 0.717) is 29.3 Å². The summed E-state index contributed by atoms with van der Waals surface area (Å²) in [4.78, 5) is 33.3. The lowest BCUT2D eigenvalue weighted by atomic mass is 10.2. The highest BCUT2D eigenvalue weighted by molar-refractivity contribution is 7.99. The first-order chi connectivity index (χ1) is 12.0. The molecular formula is C15H21N5O4S. The van der Waals surface area contributed by atoms with Crippen molar-refractivity contribution in [1.29, 1.82) is 0 Å². The number of hydrogen-bond acceptors (Lipinski definition) is 7. The Morgan fingerprint density at radius 3 is 2.84 bits per heavy atom. The molecule has 1 saturated heterocycles. The van der Waals surface area contributed by atoms with Crippen molar-refractivity contribution in [3.63, 3.8) is 0 Å². The van der Waals surface area contributed by atoms with Gasteiger partial charge in [-0.3, -0.25) is 9.59 Å².